The molecule has 1 N–H and O–H groups in total. The van der Waals surface area contributed by atoms with Gasteiger partial charge in [0.05, 0.1) is 11.1 Å². The van der Waals surface area contributed by atoms with Crippen LogP contribution in [-0.2, 0) is 0 Å². The molecule has 0 atom stereocenters. The monoisotopic (exact) mass is 237 g/mol. The largest absolute Gasteiger partial charge is 0.338 e. The van der Waals surface area contributed by atoms with Crippen LogP contribution < -0.4 is 0 Å². The molecule has 0 spiro atoms. The maximum atomic E-state index is 13.2. The molecule has 4 heteroatoms. The number of imidazole rings is 1. The van der Waals surface area contributed by atoms with E-state index in [1.165, 1.54) is 12.1 Å². The lowest BCUT2D eigenvalue weighted by Gasteiger charge is -1.95. The van der Waals surface area contributed by atoms with Crippen LogP contribution >= 0.6 is 0 Å². The Morgan fingerprint density at radius 3 is 2.78 bits per heavy atom. The Morgan fingerprint density at radius 1 is 1.17 bits per heavy atom. The standard InChI is InChI=1S/C14H8FN3/c15-11-5-1-3-9(7-11)14-17-12-6-2-4-10(8-16)13(12)18-14/h1-7H,(H,17,18). The van der Waals surface area contributed by atoms with Crippen molar-refractivity contribution in [3.8, 4) is 17.5 Å². The van der Waals surface area contributed by atoms with Gasteiger partial charge < -0.3 is 4.98 Å². The molecule has 0 bridgehead atoms. The minimum atomic E-state index is -0.312. The van der Waals surface area contributed by atoms with Gasteiger partial charge >= 0.3 is 0 Å². The summed E-state index contributed by atoms with van der Waals surface area (Å²) < 4.78 is 13.2. The number of hydrogen-bond acceptors (Lipinski definition) is 2. The summed E-state index contributed by atoms with van der Waals surface area (Å²) in [5.74, 6) is 0.251. The Hall–Kier alpha value is -2.67. The van der Waals surface area contributed by atoms with E-state index < -0.39 is 0 Å². The van der Waals surface area contributed by atoms with Crippen molar-refractivity contribution in [1.29, 1.82) is 5.26 Å². The second-order valence-electron chi connectivity index (χ2n) is 3.91. The molecule has 3 nitrogen and oxygen atoms in total. The van der Waals surface area contributed by atoms with E-state index in [1.807, 2.05) is 6.07 Å². The number of nitrogens with zero attached hydrogens (tertiary/aromatic N) is 2. The molecule has 2 aromatic carbocycles. The van der Waals surface area contributed by atoms with Crippen LogP contribution in [0.4, 0.5) is 4.39 Å². The summed E-state index contributed by atoms with van der Waals surface area (Å²) in [7, 11) is 0. The van der Waals surface area contributed by atoms with Crippen LogP contribution in [0.3, 0.4) is 0 Å². The van der Waals surface area contributed by atoms with Crippen molar-refractivity contribution in [2.75, 3.05) is 0 Å². The van der Waals surface area contributed by atoms with Crippen LogP contribution in [0.2, 0.25) is 0 Å². The van der Waals surface area contributed by atoms with Crippen LogP contribution in [-0.4, -0.2) is 9.97 Å². The second kappa shape index (κ2) is 3.97. The molecular formula is C14H8FN3. The molecule has 18 heavy (non-hydrogen) atoms. The first-order chi connectivity index (χ1) is 8.78. The Kier molecular flexibility index (Phi) is 2.31. The average molecular weight is 237 g/mol. The van der Waals surface area contributed by atoms with Gasteiger partial charge in [-0.25, -0.2) is 9.37 Å². The topological polar surface area (TPSA) is 52.5 Å². The van der Waals surface area contributed by atoms with Gasteiger partial charge in [0, 0.05) is 5.56 Å². The lowest BCUT2D eigenvalue weighted by atomic mass is 10.2. The van der Waals surface area contributed by atoms with E-state index in [1.54, 1.807) is 24.3 Å². The summed E-state index contributed by atoms with van der Waals surface area (Å²) in [6, 6.07) is 13.6. The van der Waals surface area contributed by atoms with E-state index in [-0.39, 0.29) is 5.82 Å². The first-order valence-electron chi connectivity index (χ1n) is 5.43. The molecule has 0 amide bonds. The number of fused-ring (bicyclic) bond motifs is 1. The average Bonchev–Trinajstić information content (AvgIpc) is 2.82. The molecule has 3 rings (SSSR count). The maximum Gasteiger partial charge on any atom is 0.138 e. The zero-order chi connectivity index (χ0) is 12.5. The third-order valence-electron chi connectivity index (χ3n) is 2.73. The third-order valence-corrected chi connectivity index (χ3v) is 2.73. The van der Waals surface area contributed by atoms with Gasteiger partial charge in [-0.05, 0) is 24.3 Å². The van der Waals surface area contributed by atoms with Gasteiger partial charge in [-0.3, -0.25) is 0 Å². The highest BCUT2D eigenvalue weighted by Gasteiger charge is 2.08. The summed E-state index contributed by atoms with van der Waals surface area (Å²) in [6.07, 6.45) is 0. The highest BCUT2D eigenvalue weighted by atomic mass is 19.1. The second-order valence-corrected chi connectivity index (χ2v) is 3.91. The Labute approximate surface area is 103 Å². The van der Waals surface area contributed by atoms with Gasteiger partial charge in [-0.15, -0.1) is 0 Å². The van der Waals surface area contributed by atoms with Crippen LogP contribution in [0.25, 0.3) is 22.4 Å². The molecule has 1 heterocycles. The van der Waals surface area contributed by atoms with E-state index >= 15 is 0 Å². The molecule has 3 aromatic rings. The van der Waals surface area contributed by atoms with Crippen molar-refractivity contribution < 1.29 is 4.39 Å². The molecule has 0 aliphatic rings. The van der Waals surface area contributed by atoms with Crippen LogP contribution in [0.15, 0.2) is 42.5 Å². The van der Waals surface area contributed by atoms with E-state index in [4.69, 9.17) is 5.26 Å². The van der Waals surface area contributed by atoms with Crippen molar-refractivity contribution in [2.24, 2.45) is 0 Å². The number of para-hydroxylation sites is 1. The molecule has 0 saturated heterocycles. The molecule has 1 aromatic heterocycles. The van der Waals surface area contributed by atoms with Crippen molar-refractivity contribution >= 4 is 11.0 Å². The summed E-state index contributed by atoms with van der Waals surface area (Å²) in [6.45, 7) is 0. The number of aromatic amines is 1. The number of hydrogen-bond donors (Lipinski definition) is 1. The van der Waals surface area contributed by atoms with Crippen molar-refractivity contribution in [1.82, 2.24) is 9.97 Å². The van der Waals surface area contributed by atoms with Crippen LogP contribution in [0, 0.1) is 17.1 Å². The third kappa shape index (κ3) is 1.62. The van der Waals surface area contributed by atoms with E-state index in [2.05, 4.69) is 16.0 Å². The van der Waals surface area contributed by atoms with Gasteiger partial charge in [0.2, 0.25) is 0 Å². The quantitative estimate of drug-likeness (QED) is 0.706. The summed E-state index contributed by atoms with van der Waals surface area (Å²) in [5.41, 5.74) is 2.55. The van der Waals surface area contributed by atoms with Gasteiger partial charge in [0.25, 0.3) is 0 Å². The number of nitrogens with one attached hydrogen (secondary N) is 1. The normalized spacial score (nSPS) is 10.4. The first-order valence-corrected chi connectivity index (χ1v) is 5.43. The molecule has 86 valence electrons. The zero-order valence-electron chi connectivity index (χ0n) is 9.31. The fraction of sp³-hybridized carbons (Fsp3) is 0. The van der Waals surface area contributed by atoms with E-state index in [9.17, 15) is 4.39 Å². The minimum absolute atomic E-state index is 0.312. The number of benzene rings is 2. The maximum absolute atomic E-state index is 13.2. The lowest BCUT2D eigenvalue weighted by Crippen LogP contribution is -1.81. The number of rotatable bonds is 1. The predicted octanol–water partition coefficient (Wildman–Crippen LogP) is 3.24. The molecule has 0 aliphatic carbocycles. The van der Waals surface area contributed by atoms with E-state index in [0.717, 1.165) is 5.52 Å². The highest BCUT2D eigenvalue weighted by molar-refractivity contribution is 5.84. The molecular weight excluding hydrogens is 229 g/mol. The lowest BCUT2D eigenvalue weighted by molar-refractivity contribution is 0.628. The minimum Gasteiger partial charge on any atom is -0.338 e. The predicted molar refractivity (Wildman–Crippen MR) is 66.2 cm³/mol. The Balaban J connectivity index is 2.23. The van der Waals surface area contributed by atoms with Crippen LogP contribution in [0.1, 0.15) is 5.56 Å². The fourth-order valence-corrected chi connectivity index (χ4v) is 1.89. The van der Waals surface area contributed by atoms with Crippen molar-refractivity contribution in [3.05, 3.63) is 53.8 Å². The molecule has 0 aliphatic heterocycles. The number of aromatic nitrogens is 2. The summed E-state index contributed by atoms with van der Waals surface area (Å²) >= 11 is 0. The van der Waals surface area contributed by atoms with Gasteiger partial charge in [-0.1, -0.05) is 18.2 Å². The van der Waals surface area contributed by atoms with Crippen molar-refractivity contribution in [2.45, 2.75) is 0 Å². The molecule has 0 saturated carbocycles. The van der Waals surface area contributed by atoms with Gasteiger partial charge in [-0.2, -0.15) is 5.26 Å². The Bertz CT molecular complexity index is 768. The number of nitriles is 1. The highest BCUT2D eigenvalue weighted by Crippen LogP contribution is 2.22. The van der Waals surface area contributed by atoms with Gasteiger partial charge in [0.15, 0.2) is 0 Å². The molecule has 0 radical (unpaired) electrons. The van der Waals surface area contributed by atoms with E-state index in [0.29, 0.717) is 22.5 Å². The molecule has 0 fully saturated rings. The summed E-state index contributed by atoms with van der Waals surface area (Å²) in [4.78, 5) is 7.44. The van der Waals surface area contributed by atoms with Crippen LogP contribution in [0.5, 0.6) is 0 Å². The number of H-pyrrole nitrogens is 1. The zero-order valence-corrected chi connectivity index (χ0v) is 9.31. The Morgan fingerprint density at radius 2 is 2.00 bits per heavy atom. The number of halogens is 1. The summed E-state index contributed by atoms with van der Waals surface area (Å²) in [5, 5.41) is 9.00. The van der Waals surface area contributed by atoms with Crippen molar-refractivity contribution in [3.63, 3.8) is 0 Å². The smallest absolute Gasteiger partial charge is 0.138 e. The SMILES string of the molecule is N#Cc1cccc2[nH]c(-c3cccc(F)c3)nc12. The van der Waals surface area contributed by atoms with Gasteiger partial charge in [0.1, 0.15) is 23.2 Å². The fourth-order valence-electron chi connectivity index (χ4n) is 1.89. The first kappa shape index (κ1) is 10.5. The molecule has 0 unspecified atom stereocenters.